The summed E-state index contributed by atoms with van der Waals surface area (Å²) in [5.74, 6) is 0. The lowest BCUT2D eigenvalue weighted by atomic mass is 9.69. The number of aliphatic imine (C=N–C) groups is 1. The molecule has 1 aliphatic carbocycles. The molecule has 26 heavy (non-hydrogen) atoms. The molecule has 0 atom stereocenters. The summed E-state index contributed by atoms with van der Waals surface area (Å²) >= 11 is 0. The van der Waals surface area contributed by atoms with Crippen molar-refractivity contribution in [3.05, 3.63) is 35.3 Å². The van der Waals surface area contributed by atoms with Crippen molar-refractivity contribution in [1.29, 1.82) is 0 Å². The molecule has 2 aliphatic rings. The van der Waals surface area contributed by atoms with Crippen molar-refractivity contribution in [3.63, 3.8) is 0 Å². The van der Waals surface area contributed by atoms with Crippen LogP contribution >= 0.6 is 0 Å². The van der Waals surface area contributed by atoms with E-state index in [-0.39, 0.29) is 0 Å². The second-order valence-corrected chi connectivity index (χ2v) is 7.80. The number of hydrazine groups is 1. The van der Waals surface area contributed by atoms with Gasteiger partial charge in [-0.3, -0.25) is 4.99 Å². The largest absolute Gasteiger partial charge is 0.391 e. The topological polar surface area (TPSA) is 30.9 Å². The number of rotatable bonds is 8. The first kappa shape index (κ1) is 20.8. The van der Waals surface area contributed by atoms with Gasteiger partial charge < -0.3 is 10.3 Å². The Morgan fingerprint density at radius 3 is 2.46 bits per heavy atom. The third-order valence-corrected chi connectivity index (χ3v) is 5.66. The first-order valence-corrected chi connectivity index (χ1v) is 10.3. The average Bonchev–Trinajstić information content (AvgIpc) is 2.63. The second-order valence-electron chi connectivity index (χ2n) is 7.80. The van der Waals surface area contributed by atoms with Gasteiger partial charge in [0.2, 0.25) is 0 Å². The Balaban J connectivity index is 2.11. The van der Waals surface area contributed by atoms with Gasteiger partial charge in [-0.2, -0.15) is 0 Å². The van der Waals surface area contributed by atoms with Gasteiger partial charge in [-0.1, -0.05) is 32.3 Å². The van der Waals surface area contributed by atoms with Gasteiger partial charge in [-0.05, 0) is 57.1 Å². The van der Waals surface area contributed by atoms with E-state index in [4.69, 9.17) is 4.99 Å². The van der Waals surface area contributed by atoms with E-state index < -0.39 is 0 Å². The van der Waals surface area contributed by atoms with Crippen LogP contribution in [0.4, 0.5) is 0 Å². The van der Waals surface area contributed by atoms with Crippen molar-refractivity contribution in [2.45, 2.75) is 66.2 Å². The minimum absolute atomic E-state index is 0.598. The van der Waals surface area contributed by atoms with Gasteiger partial charge in [0.05, 0.1) is 11.4 Å². The molecule has 0 radical (unpaired) electrons. The van der Waals surface area contributed by atoms with Crippen molar-refractivity contribution in [2.24, 2.45) is 10.4 Å². The number of allylic oxidation sites excluding steroid dienone is 4. The minimum Gasteiger partial charge on any atom is -0.391 e. The molecule has 0 unspecified atom stereocenters. The van der Waals surface area contributed by atoms with E-state index >= 15 is 0 Å². The van der Waals surface area contributed by atoms with Crippen LogP contribution in [0.2, 0.25) is 0 Å². The molecule has 146 valence electrons. The molecular formula is C22H38N4. The highest BCUT2D eigenvalue weighted by atomic mass is 15.6. The van der Waals surface area contributed by atoms with Crippen LogP contribution in [-0.2, 0) is 0 Å². The molecule has 0 aromatic rings. The van der Waals surface area contributed by atoms with Crippen molar-refractivity contribution >= 4 is 6.21 Å². The highest BCUT2D eigenvalue weighted by Gasteiger charge is 2.45. The zero-order valence-corrected chi connectivity index (χ0v) is 17.5. The molecule has 0 bridgehead atoms. The minimum atomic E-state index is 0.598. The van der Waals surface area contributed by atoms with Gasteiger partial charge in [0.15, 0.2) is 0 Å². The quantitative estimate of drug-likeness (QED) is 0.495. The lowest BCUT2D eigenvalue weighted by Crippen LogP contribution is -2.61. The van der Waals surface area contributed by atoms with Gasteiger partial charge in [0, 0.05) is 39.1 Å². The van der Waals surface area contributed by atoms with Crippen LogP contribution in [0.25, 0.3) is 0 Å². The first-order valence-electron chi connectivity index (χ1n) is 10.3. The maximum Gasteiger partial charge on any atom is 0.0831 e. The maximum atomic E-state index is 4.79. The molecule has 1 aliphatic heterocycles. The zero-order valence-electron chi connectivity index (χ0n) is 17.5. The SMILES string of the molecule is C\C=C/C(/N=C\C(C)=C\NCC)=C(/CC)N(C)N1CC2(CCCCC2)C1. The van der Waals surface area contributed by atoms with E-state index in [0.29, 0.717) is 5.41 Å². The summed E-state index contributed by atoms with van der Waals surface area (Å²) in [4.78, 5) is 4.79. The summed E-state index contributed by atoms with van der Waals surface area (Å²) in [6, 6.07) is 0. The van der Waals surface area contributed by atoms with E-state index in [2.05, 4.69) is 62.2 Å². The van der Waals surface area contributed by atoms with Gasteiger partial charge in [-0.25, -0.2) is 5.01 Å². The molecule has 1 N–H and O–H groups in total. The standard InChI is InChI=1S/C22H38N4/c1-6-12-20(24-16-19(4)15-23-8-3)21(7-2)25(5)26-17-22(18-26)13-10-9-11-14-22/h6,12,15-16,23H,7-11,13-14,17-18H2,1-5H3/b12-6-,19-15+,21-20+,24-16-. The fourth-order valence-corrected chi connectivity index (χ4v) is 4.15. The van der Waals surface area contributed by atoms with Gasteiger partial charge in [0.25, 0.3) is 0 Å². The van der Waals surface area contributed by atoms with Crippen molar-refractivity contribution in [1.82, 2.24) is 15.3 Å². The van der Waals surface area contributed by atoms with E-state index in [1.807, 2.05) is 12.4 Å². The monoisotopic (exact) mass is 358 g/mol. The Labute approximate surface area is 160 Å². The molecule has 0 aromatic carbocycles. The molecule has 4 nitrogen and oxygen atoms in total. The third kappa shape index (κ3) is 5.23. The van der Waals surface area contributed by atoms with Gasteiger partial charge in [-0.15, -0.1) is 0 Å². The third-order valence-electron chi connectivity index (χ3n) is 5.66. The second kappa shape index (κ2) is 9.96. The van der Waals surface area contributed by atoms with Crippen molar-refractivity contribution in [2.75, 3.05) is 26.7 Å². The predicted octanol–water partition coefficient (Wildman–Crippen LogP) is 4.88. The molecule has 1 saturated carbocycles. The smallest absolute Gasteiger partial charge is 0.0831 e. The van der Waals surface area contributed by atoms with Crippen LogP contribution in [0, 0.1) is 5.41 Å². The van der Waals surface area contributed by atoms with E-state index in [1.54, 1.807) is 0 Å². The normalized spacial score (nSPS) is 22.0. The molecule has 0 amide bonds. The molecule has 1 spiro atoms. The van der Waals surface area contributed by atoms with E-state index in [1.165, 1.54) is 50.9 Å². The molecular weight excluding hydrogens is 320 g/mol. The van der Waals surface area contributed by atoms with Crippen LogP contribution in [-0.4, -0.2) is 42.9 Å². The Hall–Kier alpha value is -1.55. The Morgan fingerprint density at radius 1 is 1.19 bits per heavy atom. The zero-order chi connectivity index (χ0) is 19.0. The first-order chi connectivity index (χ1) is 12.5. The van der Waals surface area contributed by atoms with Crippen LogP contribution in [0.15, 0.2) is 40.3 Å². The van der Waals surface area contributed by atoms with Gasteiger partial charge in [0.1, 0.15) is 0 Å². The maximum absolute atomic E-state index is 4.79. The van der Waals surface area contributed by atoms with Crippen LogP contribution < -0.4 is 5.32 Å². The summed E-state index contributed by atoms with van der Waals surface area (Å²) in [6.07, 6.45) is 16.3. The molecule has 1 heterocycles. The molecule has 4 heteroatoms. The summed E-state index contributed by atoms with van der Waals surface area (Å²) < 4.78 is 0. The Morgan fingerprint density at radius 2 is 1.88 bits per heavy atom. The van der Waals surface area contributed by atoms with Gasteiger partial charge >= 0.3 is 0 Å². The molecule has 2 rings (SSSR count). The van der Waals surface area contributed by atoms with E-state index in [9.17, 15) is 0 Å². The average molecular weight is 359 g/mol. The predicted molar refractivity (Wildman–Crippen MR) is 113 cm³/mol. The molecule has 0 aromatic heterocycles. The number of hydrogen-bond donors (Lipinski definition) is 1. The number of nitrogens with zero attached hydrogens (tertiary/aromatic N) is 3. The highest BCUT2D eigenvalue weighted by Crippen LogP contribution is 2.44. The Bertz CT molecular complexity index is 557. The van der Waals surface area contributed by atoms with Crippen molar-refractivity contribution < 1.29 is 0 Å². The van der Waals surface area contributed by atoms with Crippen molar-refractivity contribution in [3.8, 4) is 0 Å². The summed E-state index contributed by atoms with van der Waals surface area (Å²) in [7, 11) is 2.20. The number of nitrogens with one attached hydrogen (secondary N) is 1. The van der Waals surface area contributed by atoms with E-state index in [0.717, 1.165) is 24.2 Å². The fourth-order valence-electron chi connectivity index (χ4n) is 4.15. The summed E-state index contributed by atoms with van der Waals surface area (Å²) in [6.45, 7) is 11.8. The lowest BCUT2D eigenvalue weighted by molar-refractivity contribution is -0.136. The molecule has 1 saturated heterocycles. The lowest BCUT2D eigenvalue weighted by Gasteiger charge is -2.56. The number of hydrogen-bond acceptors (Lipinski definition) is 4. The fraction of sp³-hybridized carbons (Fsp3) is 0.682. The van der Waals surface area contributed by atoms with Crippen LogP contribution in [0.1, 0.15) is 66.2 Å². The van der Waals surface area contributed by atoms with Crippen LogP contribution in [0.5, 0.6) is 0 Å². The van der Waals surface area contributed by atoms with Crippen LogP contribution in [0.3, 0.4) is 0 Å². The molecule has 2 fully saturated rings. The summed E-state index contributed by atoms with van der Waals surface area (Å²) in [5.41, 5.74) is 4.09. The highest BCUT2D eigenvalue weighted by molar-refractivity contribution is 5.78. The summed E-state index contributed by atoms with van der Waals surface area (Å²) in [5, 5.41) is 8.09. The Kier molecular flexibility index (Phi) is 7.95.